The van der Waals surface area contributed by atoms with Crippen molar-refractivity contribution in [3.05, 3.63) is 58.7 Å². The first-order chi connectivity index (χ1) is 11.2. The zero-order chi connectivity index (χ0) is 15.8. The minimum Gasteiger partial charge on any atom is -0.346 e. The molecule has 2 atom stereocenters. The molecule has 0 spiro atoms. The number of nitrogens with one attached hydrogen (secondary N) is 1. The molecule has 1 heterocycles. The standard InChI is InChI=1S/C18H20N4O.2ClH/c19-17-12-6-2-1-5-11(12)9-15(17)22-18(23)16-10-20-13-7-3-4-8-14(13)21-16;;/h1-2,5-6,10,15,17H,3-4,7-9,19H2,(H,22,23);2*1H/t15-,17-;;/m1../s1. The third kappa shape index (κ3) is 3.78. The van der Waals surface area contributed by atoms with E-state index < -0.39 is 0 Å². The number of fused-ring (bicyclic) bond motifs is 2. The highest BCUT2D eigenvalue weighted by Gasteiger charge is 2.31. The third-order valence-electron chi connectivity index (χ3n) is 4.85. The number of carbonyl (C=O) groups is 1. The molecule has 7 heteroatoms. The molecule has 134 valence electrons. The number of carbonyl (C=O) groups excluding carboxylic acids is 1. The number of aromatic nitrogens is 2. The van der Waals surface area contributed by atoms with Gasteiger partial charge >= 0.3 is 0 Å². The normalized spacial score (nSPS) is 20.5. The number of nitrogens with zero attached hydrogens (tertiary/aromatic N) is 2. The summed E-state index contributed by atoms with van der Waals surface area (Å²) >= 11 is 0. The first-order valence-electron chi connectivity index (χ1n) is 8.21. The maximum absolute atomic E-state index is 12.5. The van der Waals surface area contributed by atoms with Crippen LogP contribution in [0.3, 0.4) is 0 Å². The zero-order valence-corrected chi connectivity index (χ0v) is 15.4. The lowest BCUT2D eigenvalue weighted by Gasteiger charge is -2.18. The van der Waals surface area contributed by atoms with Gasteiger partial charge in [-0.2, -0.15) is 0 Å². The van der Waals surface area contributed by atoms with Crippen LogP contribution in [0.25, 0.3) is 0 Å². The molecular formula is C18H22Cl2N4O. The van der Waals surface area contributed by atoms with Crippen molar-refractivity contribution in [2.24, 2.45) is 5.73 Å². The van der Waals surface area contributed by atoms with Gasteiger partial charge in [0, 0.05) is 0 Å². The van der Waals surface area contributed by atoms with E-state index in [2.05, 4.69) is 21.4 Å². The summed E-state index contributed by atoms with van der Waals surface area (Å²) in [4.78, 5) is 21.4. The Bertz CT molecular complexity index is 768. The van der Waals surface area contributed by atoms with Crippen molar-refractivity contribution in [2.45, 2.75) is 44.2 Å². The quantitative estimate of drug-likeness (QED) is 0.838. The van der Waals surface area contributed by atoms with E-state index in [9.17, 15) is 4.79 Å². The van der Waals surface area contributed by atoms with Crippen molar-refractivity contribution in [2.75, 3.05) is 0 Å². The van der Waals surface area contributed by atoms with Crippen LogP contribution in [0.4, 0.5) is 0 Å². The van der Waals surface area contributed by atoms with Gasteiger partial charge in [-0.15, -0.1) is 24.8 Å². The van der Waals surface area contributed by atoms with Crippen LogP contribution in [-0.2, 0) is 19.3 Å². The topological polar surface area (TPSA) is 80.9 Å². The minimum absolute atomic E-state index is 0. The van der Waals surface area contributed by atoms with Crippen LogP contribution in [0.5, 0.6) is 0 Å². The molecule has 1 amide bonds. The number of rotatable bonds is 2. The summed E-state index contributed by atoms with van der Waals surface area (Å²) in [6.07, 6.45) is 6.51. The number of hydrogen-bond donors (Lipinski definition) is 2. The van der Waals surface area contributed by atoms with Crippen molar-refractivity contribution in [1.82, 2.24) is 15.3 Å². The molecule has 2 aromatic rings. The highest BCUT2D eigenvalue weighted by atomic mass is 35.5. The number of benzene rings is 1. The maximum Gasteiger partial charge on any atom is 0.271 e. The number of amides is 1. The molecule has 2 aliphatic carbocycles. The number of aryl methyl sites for hydroxylation is 2. The van der Waals surface area contributed by atoms with Gasteiger partial charge in [-0.3, -0.25) is 9.78 Å². The maximum atomic E-state index is 12.5. The highest BCUT2D eigenvalue weighted by Crippen LogP contribution is 2.29. The SMILES string of the molecule is Cl.Cl.N[C@@H]1c2ccccc2C[C@H]1NC(=O)c1cnc2c(n1)CCCC2. The molecule has 2 aliphatic rings. The summed E-state index contributed by atoms with van der Waals surface area (Å²) in [5.74, 6) is -0.181. The summed E-state index contributed by atoms with van der Waals surface area (Å²) in [5, 5.41) is 3.03. The molecule has 0 radical (unpaired) electrons. The van der Waals surface area contributed by atoms with E-state index in [1.54, 1.807) is 6.20 Å². The van der Waals surface area contributed by atoms with E-state index in [0.29, 0.717) is 5.69 Å². The summed E-state index contributed by atoms with van der Waals surface area (Å²) in [5.41, 5.74) is 11.0. The van der Waals surface area contributed by atoms with Gasteiger partial charge in [0.05, 0.1) is 29.7 Å². The molecule has 0 unspecified atom stereocenters. The molecular weight excluding hydrogens is 359 g/mol. The van der Waals surface area contributed by atoms with Crippen molar-refractivity contribution in [1.29, 1.82) is 0 Å². The molecule has 1 aromatic heterocycles. The average Bonchev–Trinajstić information content (AvgIpc) is 2.91. The highest BCUT2D eigenvalue weighted by molar-refractivity contribution is 5.92. The monoisotopic (exact) mass is 380 g/mol. The Hall–Kier alpha value is -1.69. The Kier molecular flexibility index (Phi) is 6.38. The zero-order valence-electron chi connectivity index (χ0n) is 13.8. The van der Waals surface area contributed by atoms with Gasteiger partial charge < -0.3 is 11.1 Å². The molecule has 0 fully saturated rings. The van der Waals surface area contributed by atoms with Crippen molar-refractivity contribution in [3.8, 4) is 0 Å². The minimum atomic E-state index is -0.181. The smallest absolute Gasteiger partial charge is 0.271 e. The van der Waals surface area contributed by atoms with E-state index >= 15 is 0 Å². The third-order valence-corrected chi connectivity index (χ3v) is 4.85. The van der Waals surface area contributed by atoms with Gasteiger partial charge in [-0.1, -0.05) is 24.3 Å². The van der Waals surface area contributed by atoms with Gasteiger partial charge in [0.1, 0.15) is 5.69 Å². The van der Waals surface area contributed by atoms with Crippen LogP contribution in [-0.4, -0.2) is 21.9 Å². The predicted octanol–water partition coefficient (Wildman–Crippen LogP) is 2.55. The second-order valence-corrected chi connectivity index (χ2v) is 6.36. The number of nitrogens with two attached hydrogens (primary N) is 1. The number of hydrogen-bond acceptors (Lipinski definition) is 4. The summed E-state index contributed by atoms with van der Waals surface area (Å²) in [6.45, 7) is 0. The second-order valence-electron chi connectivity index (χ2n) is 6.36. The van der Waals surface area contributed by atoms with E-state index in [0.717, 1.165) is 49.1 Å². The van der Waals surface area contributed by atoms with Gasteiger partial charge in [-0.05, 0) is 43.2 Å². The Labute approximate surface area is 159 Å². The van der Waals surface area contributed by atoms with Gasteiger partial charge in [0.2, 0.25) is 0 Å². The first kappa shape index (κ1) is 19.6. The first-order valence-corrected chi connectivity index (χ1v) is 8.21. The Morgan fingerprint density at radius 2 is 1.84 bits per heavy atom. The molecule has 0 saturated carbocycles. The van der Waals surface area contributed by atoms with E-state index in [4.69, 9.17) is 5.73 Å². The van der Waals surface area contributed by atoms with Crippen molar-refractivity contribution in [3.63, 3.8) is 0 Å². The Balaban J connectivity index is 0.00000113. The fraction of sp³-hybridized carbons (Fsp3) is 0.389. The lowest BCUT2D eigenvalue weighted by Crippen LogP contribution is -2.41. The van der Waals surface area contributed by atoms with Crippen LogP contribution in [0.15, 0.2) is 30.5 Å². The largest absolute Gasteiger partial charge is 0.346 e. The van der Waals surface area contributed by atoms with Crippen LogP contribution >= 0.6 is 24.8 Å². The fourth-order valence-corrected chi connectivity index (χ4v) is 3.56. The molecule has 5 nitrogen and oxygen atoms in total. The summed E-state index contributed by atoms with van der Waals surface area (Å²) in [7, 11) is 0. The van der Waals surface area contributed by atoms with Crippen LogP contribution in [0.1, 0.15) is 51.9 Å². The molecule has 0 saturated heterocycles. The molecule has 25 heavy (non-hydrogen) atoms. The number of halogens is 2. The van der Waals surface area contributed by atoms with E-state index in [-0.39, 0.29) is 42.8 Å². The Morgan fingerprint density at radius 1 is 1.12 bits per heavy atom. The Morgan fingerprint density at radius 3 is 2.60 bits per heavy atom. The lowest BCUT2D eigenvalue weighted by molar-refractivity contribution is 0.0927. The fourth-order valence-electron chi connectivity index (χ4n) is 3.56. The second kappa shape index (κ2) is 8.13. The van der Waals surface area contributed by atoms with Crippen LogP contribution in [0, 0.1) is 0 Å². The molecule has 1 aromatic carbocycles. The van der Waals surface area contributed by atoms with Gasteiger partial charge in [0.25, 0.3) is 5.91 Å². The van der Waals surface area contributed by atoms with Crippen molar-refractivity contribution < 1.29 is 4.79 Å². The van der Waals surface area contributed by atoms with Gasteiger partial charge in [-0.25, -0.2) is 4.98 Å². The molecule has 4 rings (SSSR count). The average molecular weight is 381 g/mol. The summed E-state index contributed by atoms with van der Waals surface area (Å²) < 4.78 is 0. The van der Waals surface area contributed by atoms with E-state index in [1.165, 1.54) is 5.56 Å². The van der Waals surface area contributed by atoms with Crippen molar-refractivity contribution >= 4 is 30.7 Å². The molecule has 3 N–H and O–H groups in total. The molecule has 0 aliphatic heterocycles. The summed E-state index contributed by atoms with van der Waals surface area (Å²) in [6, 6.07) is 7.84. The lowest BCUT2D eigenvalue weighted by atomic mass is 10.0. The van der Waals surface area contributed by atoms with Crippen LogP contribution < -0.4 is 11.1 Å². The molecule has 0 bridgehead atoms. The predicted molar refractivity (Wildman–Crippen MR) is 101 cm³/mol. The van der Waals surface area contributed by atoms with Gasteiger partial charge in [0.15, 0.2) is 0 Å². The van der Waals surface area contributed by atoms with E-state index in [1.807, 2.05) is 18.2 Å². The van der Waals surface area contributed by atoms with Crippen LogP contribution in [0.2, 0.25) is 0 Å².